The number of nitrogens with one attached hydrogen (secondary N) is 2. The van der Waals surface area contributed by atoms with Gasteiger partial charge in [0.05, 0.1) is 24.4 Å². The minimum Gasteiger partial charge on any atom is -0.350 e. The predicted octanol–water partition coefficient (Wildman–Crippen LogP) is 0.583. The molecule has 2 atom stereocenters. The first-order chi connectivity index (χ1) is 12.1. The number of benzene rings is 1. The predicted molar refractivity (Wildman–Crippen MR) is 91.1 cm³/mol. The highest BCUT2D eigenvalue weighted by molar-refractivity contribution is 7.88. The zero-order valence-electron chi connectivity index (χ0n) is 13.8. The molecule has 2 amide bonds. The third-order valence-corrected chi connectivity index (χ3v) is 4.80. The van der Waals surface area contributed by atoms with Gasteiger partial charge in [0.1, 0.15) is 18.0 Å². The molecule has 1 heterocycles. The van der Waals surface area contributed by atoms with Gasteiger partial charge < -0.3 is 10.2 Å². The summed E-state index contributed by atoms with van der Waals surface area (Å²) >= 11 is 5.67. The Balaban J connectivity index is 2.01. The zero-order valence-corrected chi connectivity index (χ0v) is 15.4. The monoisotopic (exact) mass is 409 g/mol. The van der Waals surface area contributed by atoms with Crippen molar-refractivity contribution >= 4 is 33.4 Å². The highest BCUT2D eigenvalue weighted by Gasteiger charge is 2.39. The Morgan fingerprint density at radius 2 is 2.08 bits per heavy atom. The fourth-order valence-electron chi connectivity index (χ4n) is 2.59. The Morgan fingerprint density at radius 1 is 1.38 bits per heavy atom. The Kier molecular flexibility index (Phi) is 6.53. The fraction of sp³-hybridized carbons (Fsp3) is 0.467. The summed E-state index contributed by atoms with van der Waals surface area (Å²) in [5.74, 6) is -2.04. The highest BCUT2D eigenvalue weighted by Crippen LogP contribution is 2.22. The van der Waals surface area contributed by atoms with Crippen LogP contribution in [0.2, 0.25) is 5.02 Å². The minimum atomic E-state index is -3.60. The van der Waals surface area contributed by atoms with Gasteiger partial charge in [0.15, 0.2) is 0 Å². The summed E-state index contributed by atoms with van der Waals surface area (Å²) < 4.78 is 51.7. The number of rotatable bonds is 6. The average molecular weight is 410 g/mol. The van der Waals surface area contributed by atoms with Gasteiger partial charge in [-0.25, -0.2) is 21.9 Å². The number of carbonyl (C=O) groups excluding carboxylic acids is 2. The molecule has 1 aliphatic heterocycles. The maximum atomic E-state index is 13.8. The largest absolute Gasteiger partial charge is 0.350 e. The molecule has 0 aliphatic carbocycles. The Morgan fingerprint density at radius 3 is 2.73 bits per heavy atom. The van der Waals surface area contributed by atoms with Crippen LogP contribution >= 0.6 is 11.6 Å². The number of nitrogens with zero attached hydrogens (tertiary/aromatic N) is 1. The van der Waals surface area contributed by atoms with Crippen molar-refractivity contribution in [2.24, 2.45) is 0 Å². The minimum absolute atomic E-state index is 0.0925. The van der Waals surface area contributed by atoms with Gasteiger partial charge in [-0.1, -0.05) is 23.7 Å². The molecule has 144 valence electrons. The molecule has 2 rings (SSSR count). The lowest BCUT2D eigenvalue weighted by Gasteiger charge is -2.23. The van der Waals surface area contributed by atoms with E-state index < -0.39 is 46.4 Å². The van der Waals surface area contributed by atoms with Gasteiger partial charge in [-0.3, -0.25) is 9.59 Å². The molecule has 11 heteroatoms. The number of alkyl halides is 1. The number of hydrogen-bond acceptors (Lipinski definition) is 4. The molecular weight excluding hydrogens is 392 g/mol. The molecule has 0 spiro atoms. The van der Waals surface area contributed by atoms with Crippen LogP contribution < -0.4 is 10.0 Å². The molecule has 1 aromatic rings. The summed E-state index contributed by atoms with van der Waals surface area (Å²) in [6.07, 6.45) is -0.740. The number of sulfonamides is 1. The van der Waals surface area contributed by atoms with Crippen LogP contribution in [0.25, 0.3) is 0 Å². The molecule has 2 N–H and O–H groups in total. The number of likely N-dealkylation sites (tertiary alicyclic amines) is 1. The summed E-state index contributed by atoms with van der Waals surface area (Å²) in [6, 6.07) is 3.23. The summed E-state index contributed by atoms with van der Waals surface area (Å²) in [5.41, 5.74) is 0.150. The van der Waals surface area contributed by atoms with E-state index in [1.54, 1.807) is 0 Å². The van der Waals surface area contributed by atoms with Gasteiger partial charge in [0.2, 0.25) is 21.8 Å². The molecule has 1 aliphatic rings. The lowest BCUT2D eigenvalue weighted by atomic mass is 10.1. The molecule has 7 nitrogen and oxygen atoms in total. The molecular formula is C15H18ClF2N3O4S. The normalized spacial score (nSPS) is 20.2. The summed E-state index contributed by atoms with van der Waals surface area (Å²) in [4.78, 5) is 25.4. The van der Waals surface area contributed by atoms with E-state index in [2.05, 4.69) is 5.32 Å². The summed E-state index contributed by atoms with van der Waals surface area (Å²) in [7, 11) is -3.60. The van der Waals surface area contributed by atoms with Crippen molar-refractivity contribution < 1.29 is 26.8 Å². The quantitative estimate of drug-likeness (QED) is 0.718. The van der Waals surface area contributed by atoms with Gasteiger partial charge in [-0.2, -0.15) is 0 Å². The molecule has 0 aromatic heterocycles. The SMILES string of the molecule is CS(=O)(=O)NCC(=O)N1C[C@H](F)CC1C(=O)NCc1cccc(Cl)c1F. The number of carbonyl (C=O) groups is 2. The van der Waals surface area contributed by atoms with E-state index in [1.807, 2.05) is 4.72 Å². The third kappa shape index (κ3) is 5.36. The third-order valence-electron chi connectivity index (χ3n) is 3.84. The second-order valence-electron chi connectivity index (χ2n) is 5.92. The highest BCUT2D eigenvalue weighted by atomic mass is 35.5. The number of halogens is 3. The van der Waals surface area contributed by atoms with Crippen molar-refractivity contribution in [2.45, 2.75) is 25.2 Å². The van der Waals surface area contributed by atoms with E-state index in [0.717, 1.165) is 11.2 Å². The first-order valence-electron chi connectivity index (χ1n) is 7.67. The van der Waals surface area contributed by atoms with Crippen LogP contribution in [0.15, 0.2) is 18.2 Å². The second kappa shape index (κ2) is 8.28. The van der Waals surface area contributed by atoms with E-state index in [-0.39, 0.29) is 30.1 Å². The second-order valence-corrected chi connectivity index (χ2v) is 8.16. The van der Waals surface area contributed by atoms with Crippen LogP contribution in [0.4, 0.5) is 8.78 Å². The van der Waals surface area contributed by atoms with Crippen LogP contribution in [0.1, 0.15) is 12.0 Å². The lowest BCUT2D eigenvalue weighted by molar-refractivity contribution is -0.137. The van der Waals surface area contributed by atoms with Crippen molar-refractivity contribution in [3.05, 3.63) is 34.6 Å². The van der Waals surface area contributed by atoms with Crippen molar-refractivity contribution in [1.82, 2.24) is 14.9 Å². The number of hydrogen-bond donors (Lipinski definition) is 2. The first-order valence-corrected chi connectivity index (χ1v) is 9.94. The van der Waals surface area contributed by atoms with Crippen LogP contribution in [-0.4, -0.2) is 56.7 Å². The molecule has 0 bridgehead atoms. The van der Waals surface area contributed by atoms with Gasteiger partial charge in [-0.15, -0.1) is 0 Å². The zero-order chi connectivity index (χ0) is 19.5. The van der Waals surface area contributed by atoms with Crippen molar-refractivity contribution in [2.75, 3.05) is 19.3 Å². The van der Waals surface area contributed by atoms with Gasteiger partial charge in [0, 0.05) is 18.5 Å². The van der Waals surface area contributed by atoms with Gasteiger partial charge in [-0.05, 0) is 6.07 Å². The van der Waals surface area contributed by atoms with Crippen molar-refractivity contribution in [3.63, 3.8) is 0 Å². The van der Waals surface area contributed by atoms with Crippen molar-refractivity contribution in [3.8, 4) is 0 Å². The molecule has 0 radical (unpaired) electrons. The van der Waals surface area contributed by atoms with E-state index in [0.29, 0.717) is 0 Å². The number of amides is 2. The molecule has 0 saturated carbocycles. The van der Waals surface area contributed by atoms with Crippen molar-refractivity contribution in [1.29, 1.82) is 0 Å². The van der Waals surface area contributed by atoms with Crippen LogP contribution in [0, 0.1) is 5.82 Å². The van der Waals surface area contributed by atoms with E-state index in [1.165, 1.54) is 18.2 Å². The maximum Gasteiger partial charge on any atom is 0.243 e. The summed E-state index contributed by atoms with van der Waals surface area (Å²) in [5, 5.41) is 2.36. The topological polar surface area (TPSA) is 95.6 Å². The summed E-state index contributed by atoms with van der Waals surface area (Å²) in [6.45, 7) is -1.06. The smallest absolute Gasteiger partial charge is 0.243 e. The van der Waals surface area contributed by atoms with Crippen LogP contribution in [-0.2, 0) is 26.2 Å². The molecule has 26 heavy (non-hydrogen) atoms. The molecule has 1 saturated heterocycles. The van der Waals surface area contributed by atoms with Gasteiger partial charge in [0.25, 0.3) is 0 Å². The average Bonchev–Trinajstić information content (AvgIpc) is 2.95. The lowest BCUT2D eigenvalue weighted by Crippen LogP contribution is -2.48. The Hall–Kier alpha value is -1.78. The van der Waals surface area contributed by atoms with Gasteiger partial charge >= 0.3 is 0 Å². The Bertz CT molecular complexity index is 806. The molecule has 1 fully saturated rings. The van der Waals surface area contributed by atoms with E-state index in [9.17, 15) is 26.8 Å². The molecule has 1 aromatic carbocycles. The molecule has 1 unspecified atom stereocenters. The van der Waals surface area contributed by atoms with Crippen LogP contribution in [0.3, 0.4) is 0 Å². The first kappa shape index (κ1) is 20.5. The maximum absolute atomic E-state index is 13.8. The Labute approximate surface area is 154 Å². The standard InChI is InChI=1S/C15H18ClF2N3O4S/c1-26(24,25)20-7-13(22)21-8-10(17)5-12(21)15(23)19-6-9-3-2-4-11(16)14(9)18/h2-4,10,12,20H,5-8H2,1H3,(H,19,23)/t10-,12?/m1/s1. The van der Waals surface area contributed by atoms with Crippen LogP contribution in [0.5, 0.6) is 0 Å². The fourth-order valence-corrected chi connectivity index (χ4v) is 3.17. The van der Waals surface area contributed by atoms with E-state index >= 15 is 0 Å². The van der Waals surface area contributed by atoms with E-state index in [4.69, 9.17) is 11.6 Å².